The van der Waals surface area contributed by atoms with E-state index in [1.165, 1.54) is 11.1 Å². The number of benzene rings is 1. The van der Waals surface area contributed by atoms with E-state index < -0.39 is 0 Å². The molecule has 1 unspecified atom stereocenters. The van der Waals surface area contributed by atoms with E-state index in [2.05, 4.69) is 38.2 Å². The van der Waals surface area contributed by atoms with Gasteiger partial charge in [-0.15, -0.1) is 0 Å². The van der Waals surface area contributed by atoms with Gasteiger partial charge in [0.25, 0.3) is 0 Å². The number of anilines is 1. The van der Waals surface area contributed by atoms with Gasteiger partial charge in [0.2, 0.25) is 5.91 Å². The van der Waals surface area contributed by atoms with Gasteiger partial charge in [0.15, 0.2) is 0 Å². The Morgan fingerprint density at radius 2 is 2.11 bits per heavy atom. The van der Waals surface area contributed by atoms with Crippen molar-refractivity contribution < 1.29 is 4.79 Å². The van der Waals surface area contributed by atoms with Crippen LogP contribution in [0.3, 0.4) is 0 Å². The molecule has 1 N–H and O–H groups in total. The highest BCUT2D eigenvalue weighted by atomic mass is 16.2. The molecule has 1 saturated heterocycles. The standard InChI is InChI=1S/C16H24N2O/c1-5-18(15-8-6-7-11(2)12(15)3)16(19)13(4)14-9-17-10-14/h6-8,13-14,17H,5,9-10H2,1-4H3. The summed E-state index contributed by atoms with van der Waals surface area (Å²) in [6.07, 6.45) is 0. The minimum Gasteiger partial charge on any atom is -0.316 e. The van der Waals surface area contributed by atoms with Crippen LogP contribution >= 0.6 is 0 Å². The number of hydrogen-bond acceptors (Lipinski definition) is 2. The molecule has 2 rings (SSSR count). The van der Waals surface area contributed by atoms with E-state index in [0.29, 0.717) is 5.92 Å². The Kier molecular flexibility index (Phi) is 4.25. The predicted molar refractivity (Wildman–Crippen MR) is 79.5 cm³/mol. The van der Waals surface area contributed by atoms with Crippen LogP contribution in [-0.4, -0.2) is 25.5 Å². The molecular weight excluding hydrogens is 236 g/mol. The second kappa shape index (κ2) is 5.74. The van der Waals surface area contributed by atoms with Crippen molar-refractivity contribution in [3.8, 4) is 0 Å². The summed E-state index contributed by atoms with van der Waals surface area (Å²) in [5, 5.41) is 3.24. The molecule has 1 aromatic rings. The predicted octanol–water partition coefficient (Wildman–Crippen LogP) is 2.51. The van der Waals surface area contributed by atoms with Crippen LogP contribution in [0.2, 0.25) is 0 Å². The molecule has 1 aliphatic heterocycles. The third-order valence-corrected chi connectivity index (χ3v) is 4.36. The third-order valence-electron chi connectivity index (χ3n) is 4.36. The number of carbonyl (C=O) groups excluding carboxylic acids is 1. The van der Waals surface area contributed by atoms with Crippen LogP contribution in [-0.2, 0) is 4.79 Å². The van der Waals surface area contributed by atoms with Gasteiger partial charge in [-0.25, -0.2) is 0 Å². The number of aryl methyl sites for hydroxylation is 1. The number of carbonyl (C=O) groups is 1. The van der Waals surface area contributed by atoms with E-state index in [0.717, 1.165) is 25.3 Å². The first-order chi connectivity index (χ1) is 9.06. The first-order valence-electron chi connectivity index (χ1n) is 7.14. The number of rotatable bonds is 4. The van der Waals surface area contributed by atoms with Crippen molar-refractivity contribution in [1.29, 1.82) is 0 Å². The fourth-order valence-electron chi connectivity index (χ4n) is 2.58. The van der Waals surface area contributed by atoms with E-state index in [1.54, 1.807) is 0 Å². The Morgan fingerprint density at radius 1 is 1.42 bits per heavy atom. The number of nitrogens with zero attached hydrogens (tertiary/aromatic N) is 1. The van der Waals surface area contributed by atoms with E-state index in [1.807, 2.05) is 17.9 Å². The molecule has 0 saturated carbocycles. The van der Waals surface area contributed by atoms with Gasteiger partial charge in [-0.2, -0.15) is 0 Å². The van der Waals surface area contributed by atoms with E-state index in [9.17, 15) is 4.79 Å². The summed E-state index contributed by atoms with van der Waals surface area (Å²) in [7, 11) is 0. The molecule has 104 valence electrons. The molecule has 1 aliphatic rings. The topological polar surface area (TPSA) is 32.3 Å². The van der Waals surface area contributed by atoms with Crippen LogP contribution < -0.4 is 10.2 Å². The summed E-state index contributed by atoms with van der Waals surface area (Å²) in [6.45, 7) is 11.0. The quantitative estimate of drug-likeness (QED) is 0.902. The number of nitrogens with one attached hydrogen (secondary N) is 1. The lowest BCUT2D eigenvalue weighted by molar-refractivity contribution is -0.124. The molecule has 0 bridgehead atoms. The zero-order valence-corrected chi connectivity index (χ0v) is 12.4. The Bertz CT molecular complexity index is 466. The molecule has 1 aromatic carbocycles. The van der Waals surface area contributed by atoms with Gasteiger partial charge >= 0.3 is 0 Å². The summed E-state index contributed by atoms with van der Waals surface area (Å²) in [4.78, 5) is 14.6. The third kappa shape index (κ3) is 2.66. The van der Waals surface area contributed by atoms with Crippen molar-refractivity contribution in [2.24, 2.45) is 11.8 Å². The van der Waals surface area contributed by atoms with E-state index >= 15 is 0 Å². The fourth-order valence-corrected chi connectivity index (χ4v) is 2.58. The van der Waals surface area contributed by atoms with Gasteiger partial charge in [-0.05, 0) is 57.0 Å². The maximum atomic E-state index is 12.7. The number of amides is 1. The molecule has 1 atom stereocenters. The van der Waals surface area contributed by atoms with Crippen molar-refractivity contribution in [3.05, 3.63) is 29.3 Å². The normalized spacial score (nSPS) is 16.8. The fraction of sp³-hybridized carbons (Fsp3) is 0.562. The van der Waals surface area contributed by atoms with Gasteiger partial charge in [0.1, 0.15) is 0 Å². The molecule has 3 heteroatoms. The Hall–Kier alpha value is -1.35. The van der Waals surface area contributed by atoms with Gasteiger partial charge in [-0.1, -0.05) is 19.1 Å². The minimum atomic E-state index is 0.0983. The lowest BCUT2D eigenvalue weighted by Gasteiger charge is -2.35. The van der Waals surface area contributed by atoms with Crippen molar-refractivity contribution in [3.63, 3.8) is 0 Å². The number of hydrogen-bond donors (Lipinski definition) is 1. The molecule has 0 radical (unpaired) electrons. The summed E-state index contributed by atoms with van der Waals surface area (Å²) in [5.41, 5.74) is 3.50. The van der Waals surface area contributed by atoms with Crippen LogP contribution in [0.15, 0.2) is 18.2 Å². The van der Waals surface area contributed by atoms with E-state index in [-0.39, 0.29) is 11.8 Å². The molecule has 0 aliphatic carbocycles. The molecule has 1 fully saturated rings. The first kappa shape index (κ1) is 14.1. The highest BCUT2D eigenvalue weighted by Gasteiger charge is 2.32. The summed E-state index contributed by atoms with van der Waals surface area (Å²) < 4.78 is 0. The van der Waals surface area contributed by atoms with E-state index in [4.69, 9.17) is 0 Å². The van der Waals surface area contributed by atoms with Crippen molar-refractivity contribution in [1.82, 2.24) is 5.32 Å². The Morgan fingerprint density at radius 3 is 2.63 bits per heavy atom. The second-order valence-electron chi connectivity index (χ2n) is 5.51. The molecular formula is C16H24N2O. The van der Waals surface area contributed by atoms with Crippen LogP contribution in [0.4, 0.5) is 5.69 Å². The maximum absolute atomic E-state index is 12.7. The van der Waals surface area contributed by atoms with Crippen molar-refractivity contribution in [2.45, 2.75) is 27.7 Å². The molecule has 0 spiro atoms. The maximum Gasteiger partial charge on any atom is 0.230 e. The lowest BCUT2D eigenvalue weighted by atomic mass is 9.87. The summed E-state index contributed by atoms with van der Waals surface area (Å²) in [6, 6.07) is 6.18. The molecule has 1 heterocycles. The van der Waals surface area contributed by atoms with Crippen molar-refractivity contribution in [2.75, 3.05) is 24.5 Å². The van der Waals surface area contributed by atoms with Crippen LogP contribution in [0.25, 0.3) is 0 Å². The van der Waals surface area contributed by atoms with Gasteiger partial charge in [0, 0.05) is 18.2 Å². The molecule has 19 heavy (non-hydrogen) atoms. The van der Waals surface area contributed by atoms with Crippen LogP contribution in [0.1, 0.15) is 25.0 Å². The van der Waals surface area contributed by atoms with Crippen molar-refractivity contribution >= 4 is 11.6 Å². The lowest BCUT2D eigenvalue weighted by Crippen LogP contribution is -2.50. The largest absolute Gasteiger partial charge is 0.316 e. The molecule has 3 nitrogen and oxygen atoms in total. The average molecular weight is 260 g/mol. The highest BCUT2D eigenvalue weighted by Crippen LogP contribution is 2.26. The zero-order chi connectivity index (χ0) is 14.0. The minimum absolute atomic E-state index is 0.0983. The molecule has 0 aromatic heterocycles. The van der Waals surface area contributed by atoms with Gasteiger partial charge in [0.05, 0.1) is 0 Å². The SMILES string of the molecule is CCN(C(=O)C(C)C1CNC1)c1cccc(C)c1C. The summed E-state index contributed by atoms with van der Waals surface area (Å²) >= 11 is 0. The Labute approximate surface area is 116 Å². The second-order valence-corrected chi connectivity index (χ2v) is 5.51. The highest BCUT2D eigenvalue weighted by molar-refractivity contribution is 5.95. The van der Waals surface area contributed by atoms with Crippen LogP contribution in [0, 0.1) is 25.7 Å². The Balaban J connectivity index is 2.23. The van der Waals surface area contributed by atoms with Crippen LogP contribution in [0.5, 0.6) is 0 Å². The zero-order valence-electron chi connectivity index (χ0n) is 12.4. The monoisotopic (exact) mass is 260 g/mol. The van der Waals surface area contributed by atoms with Gasteiger partial charge in [-0.3, -0.25) is 4.79 Å². The first-order valence-corrected chi connectivity index (χ1v) is 7.14. The molecule has 1 amide bonds. The average Bonchev–Trinajstić information content (AvgIpc) is 2.33. The smallest absolute Gasteiger partial charge is 0.230 e. The summed E-state index contributed by atoms with van der Waals surface area (Å²) in [5.74, 6) is 0.843. The van der Waals surface area contributed by atoms with Gasteiger partial charge < -0.3 is 10.2 Å².